The first-order valence-corrected chi connectivity index (χ1v) is 7.78. The highest BCUT2D eigenvalue weighted by atomic mass is 79.9. The van der Waals surface area contributed by atoms with Gasteiger partial charge in [-0.2, -0.15) is 0 Å². The van der Waals surface area contributed by atoms with E-state index in [1.54, 1.807) is 12.3 Å². The Hall–Kier alpha value is -1.27. The monoisotopic (exact) mass is 398 g/mol. The maximum Gasteiger partial charge on any atom is 0.268 e. The van der Waals surface area contributed by atoms with Gasteiger partial charge in [0.2, 0.25) is 0 Å². The van der Waals surface area contributed by atoms with Gasteiger partial charge in [-0.05, 0) is 39.7 Å². The number of H-pyrrole nitrogens is 1. The Morgan fingerprint density at radius 2 is 2.15 bits per heavy atom. The number of nitrogens with one attached hydrogen (secondary N) is 2. The number of halogens is 2. The van der Waals surface area contributed by atoms with Gasteiger partial charge in [-0.1, -0.05) is 15.9 Å². The first kappa shape index (κ1) is 13.7. The molecule has 2 N–H and O–H groups in total. The van der Waals surface area contributed by atoms with Crippen molar-refractivity contribution in [3.05, 3.63) is 50.2 Å². The number of carbonyl (C=O) groups is 1. The van der Waals surface area contributed by atoms with Crippen LogP contribution in [0.25, 0.3) is 0 Å². The van der Waals surface area contributed by atoms with Gasteiger partial charge < -0.3 is 15.0 Å². The zero-order valence-corrected chi connectivity index (χ0v) is 13.7. The highest BCUT2D eigenvalue weighted by Gasteiger charge is 2.18. The molecule has 0 aliphatic carbocycles. The summed E-state index contributed by atoms with van der Waals surface area (Å²) in [5.41, 5.74) is 2.71. The quantitative estimate of drug-likeness (QED) is 0.830. The lowest BCUT2D eigenvalue weighted by molar-refractivity contribution is 0.0946. The van der Waals surface area contributed by atoms with Gasteiger partial charge in [0.05, 0.1) is 6.61 Å². The number of fused-ring (bicyclic) bond motifs is 1. The number of carbonyl (C=O) groups excluding carboxylic acids is 1. The minimum atomic E-state index is -0.137. The van der Waals surface area contributed by atoms with Gasteiger partial charge in [-0.3, -0.25) is 4.79 Å². The molecule has 2 heterocycles. The number of rotatable bonds is 3. The van der Waals surface area contributed by atoms with Crippen LogP contribution >= 0.6 is 31.9 Å². The SMILES string of the molecule is O=C(NCc1cc(Br)cc2c1OCC2)c1cc(Br)c[nH]1. The van der Waals surface area contributed by atoms with Gasteiger partial charge >= 0.3 is 0 Å². The molecular formula is C14H12Br2N2O2. The second-order valence-electron chi connectivity index (χ2n) is 4.57. The Bertz CT molecular complexity index is 667. The molecule has 1 aromatic heterocycles. The molecule has 0 fully saturated rings. The van der Waals surface area contributed by atoms with Crippen molar-refractivity contribution in [3.63, 3.8) is 0 Å². The molecule has 1 aromatic carbocycles. The third-order valence-corrected chi connectivity index (χ3v) is 4.07. The largest absolute Gasteiger partial charge is 0.493 e. The van der Waals surface area contributed by atoms with Crippen LogP contribution in [0.3, 0.4) is 0 Å². The molecule has 0 atom stereocenters. The van der Waals surface area contributed by atoms with Crippen LogP contribution in [0.5, 0.6) is 5.75 Å². The number of amides is 1. The third-order valence-electron chi connectivity index (χ3n) is 3.16. The van der Waals surface area contributed by atoms with Crippen molar-refractivity contribution in [1.82, 2.24) is 10.3 Å². The number of aromatic nitrogens is 1. The van der Waals surface area contributed by atoms with Crippen LogP contribution in [-0.2, 0) is 13.0 Å². The van der Waals surface area contributed by atoms with Gasteiger partial charge in [-0.25, -0.2) is 0 Å². The van der Waals surface area contributed by atoms with Crippen molar-refractivity contribution in [2.45, 2.75) is 13.0 Å². The van der Waals surface area contributed by atoms with E-state index in [0.717, 1.165) is 26.7 Å². The van der Waals surface area contributed by atoms with Crippen LogP contribution in [0.15, 0.2) is 33.3 Å². The van der Waals surface area contributed by atoms with Gasteiger partial charge in [0.15, 0.2) is 0 Å². The summed E-state index contributed by atoms with van der Waals surface area (Å²) in [6.45, 7) is 1.15. The van der Waals surface area contributed by atoms with E-state index >= 15 is 0 Å². The number of hydrogen-bond donors (Lipinski definition) is 2. The third kappa shape index (κ3) is 2.76. The standard InChI is InChI=1S/C14H12Br2N2O2/c15-10-3-8-1-2-20-13(8)9(4-10)6-18-14(19)12-5-11(16)7-17-12/h3-5,7,17H,1-2,6H2,(H,18,19). The van der Waals surface area contributed by atoms with Gasteiger partial charge in [0, 0.05) is 33.7 Å². The Kier molecular flexibility index (Phi) is 3.85. The van der Waals surface area contributed by atoms with E-state index in [4.69, 9.17) is 4.74 Å². The molecule has 0 bridgehead atoms. The van der Waals surface area contributed by atoms with Crippen molar-refractivity contribution in [1.29, 1.82) is 0 Å². The molecule has 20 heavy (non-hydrogen) atoms. The lowest BCUT2D eigenvalue weighted by Crippen LogP contribution is -2.23. The summed E-state index contributed by atoms with van der Waals surface area (Å²) in [7, 11) is 0. The molecule has 3 rings (SSSR count). The Balaban J connectivity index is 1.74. The van der Waals surface area contributed by atoms with Crippen LogP contribution in [0, 0.1) is 0 Å². The zero-order valence-electron chi connectivity index (χ0n) is 10.5. The predicted molar refractivity (Wildman–Crippen MR) is 83.0 cm³/mol. The second-order valence-corrected chi connectivity index (χ2v) is 6.40. The van der Waals surface area contributed by atoms with Crippen LogP contribution in [-0.4, -0.2) is 17.5 Å². The number of aromatic amines is 1. The normalized spacial score (nSPS) is 12.9. The summed E-state index contributed by atoms with van der Waals surface area (Å²) in [6.07, 6.45) is 2.65. The van der Waals surface area contributed by atoms with Crippen molar-refractivity contribution < 1.29 is 9.53 Å². The van der Waals surface area contributed by atoms with Gasteiger partial charge in [0.1, 0.15) is 11.4 Å². The summed E-state index contributed by atoms with van der Waals surface area (Å²) in [5, 5.41) is 2.89. The van der Waals surface area contributed by atoms with E-state index in [-0.39, 0.29) is 5.91 Å². The van der Waals surface area contributed by atoms with Crippen molar-refractivity contribution >= 4 is 37.8 Å². The summed E-state index contributed by atoms with van der Waals surface area (Å²) >= 11 is 6.80. The predicted octanol–water partition coefficient (Wildman–Crippen LogP) is 3.40. The van der Waals surface area contributed by atoms with Crippen molar-refractivity contribution in [2.75, 3.05) is 6.61 Å². The van der Waals surface area contributed by atoms with Gasteiger partial charge in [-0.15, -0.1) is 0 Å². The highest BCUT2D eigenvalue weighted by molar-refractivity contribution is 9.10. The van der Waals surface area contributed by atoms with E-state index in [1.165, 1.54) is 5.56 Å². The Labute approximate surface area is 133 Å². The highest BCUT2D eigenvalue weighted by Crippen LogP contribution is 2.32. The molecule has 0 unspecified atom stereocenters. The average Bonchev–Trinajstić information content (AvgIpc) is 3.03. The summed E-state index contributed by atoms with van der Waals surface area (Å²) in [6, 6.07) is 5.79. The fourth-order valence-corrected chi connectivity index (χ4v) is 3.14. The minimum absolute atomic E-state index is 0.137. The molecule has 1 amide bonds. The molecule has 4 nitrogen and oxygen atoms in total. The van der Waals surface area contributed by atoms with Crippen LogP contribution in [0.2, 0.25) is 0 Å². The molecule has 1 aliphatic rings. The minimum Gasteiger partial charge on any atom is -0.493 e. The first-order valence-electron chi connectivity index (χ1n) is 6.19. The first-order chi connectivity index (χ1) is 9.63. The fraction of sp³-hybridized carbons (Fsp3) is 0.214. The Morgan fingerprint density at radius 1 is 1.30 bits per heavy atom. The number of benzene rings is 1. The summed E-state index contributed by atoms with van der Waals surface area (Å²) in [4.78, 5) is 14.9. The molecule has 2 aromatic rings. The van der Waals surface area contributed by atoms with Crippen molar-refractivity contribution in [2.24, 2.45) is 0 Å². The van der Waals surface area contributed by atoms with E-state index in [9.17, 15) is 4.79 Å². The maximum atomic E-state index is 12.0. The molecular weight excluding hydrogens is 388 g/mol. The fourth-order valence-electron chi connectivity index (χ4n) is 2.25. The summed E-state index contributed by atoms with van der Waals surface area (Å²) in [5.74, 6) is 0.767. The lowest BCUT2D eigenvalue weighted by Gasteiger charge is -2.10. The smallest absolute Gasteiger partial charge is 0.268 e. The molecule has 0 saturated carbocycles. The second kappa shape index (κ2) is 5.61. The molecule has 1 aliphatic heterocycles. The van der Waals surface area contributed by atoms with Crippen LogP contribution < -0.4 is 10.1 Å². The van der Waals surface area contributed by atoms with Crippen LogP contribution in [0.1, 0.15) is 21.6 Å². The van der Waals surface area contributed by atoms with E-state index in [1.807, 2.05) is 6.07 Å². The lowest BCUT2D eigenvalue weighted by atomic mass is 10.1. The van der Waals surface area contributed by atoms with E-state index in [0.29, 0.717) is 18.8 Å². The van der Waals surface area contributed by atoms with E-state index in [2.05, 4.69) is 48.2 Å². The van der Waals surface area contributed by atoms with Crippen molar-refractivity contribution in [3.8, 4) is 5.75 Å². The molecule has 0 spiro atoms. The summed E-state index contributed by atoms with van der Waals surface area (Å²) < 4.78 is 7.50. The van der Waals surface area contributed by atoms with Crippen LogP contribution in [0.4, 0.5) is 0 Å². The average molecular weight is 400 g/mol. The van der Waals surface area contributed by atoms with Gasteiger partial charge in [0.25, 0.3) is 5.91 Å². The maximum absolute atomic E-state index is 12.0. The molecule has 6 heteroatoms. The molecule has 0 saturated heterocycles. The molecule has 104 valence electrons. The van der Waals surface area contributed by atoms with E-state index < -0.39 is 0 Å². The molecule has 0 radical (unpaired) electrons. The number of ether oxygens (including phenoxy) is 1. The Morgan fingerprint density at radius 3 is 2.90 bits per heavy atom. The number of hydrogen-bond acceptors (Lipinski definition) is 2. The topological polar surface area (TPSA) is 54.1 Å². The zero-order chi connectivity index (χ0) is 14.1.